The monoisotopic (exact) mass is 201 g/mol. The van der Waals surface area contributed by atoms with Gasteiger partial charge >= 0.3 is 0 Å². The van der Waals surface area contributed by atoms with Gasteiger partial charge in [-0.2, -0.15) is 0 Å². The van der Waals surface area contributed by atoms with E-state index in [0.29, 0.717) is 6.42 Å². The normalized spacial score (nSPS) is 41.8. The van der Waals surface area contributed by atoms with Crippen LogP contribution in [0.5, 0.6) is 0 Å². The molecule has 0 amide bonds. The summed E-state index contributed by atoms with van der Waals surface area (Å²) in [4.78, 5) is 0. The van der Waals surface area contributed by atoms with Gasteiger partial charge in [0, 0.05) is 6.04 Å². The summed E-state index contributed by atoms with van der Waals surface area (Å²) >= 11 is 0. The molecule has 74 valence electrons. The van der Waals surface area contributed by atoms with E-state index in [1.807, 2.05) is 19.2 Å². The highest BCUT2D eigenvalue weighted by molar-refractivity contribution is 7.93. The van der Waals surface area contributed by atoms with Crippen LogP contribution in [-0.4, -0.2) is 32.0 Å². The van der Waals surface area contributed by atoms with E-state index in [1.165, 1.54) is 0 Å². The second-order valence-electron chi connectivity index (χ2n) is 3.80. The summed E-state index contributed by atoms with van der Waals surface area (Å²) in [6.07, 6.45) is 6.32. The molecule has 3 atom stereocenters. The molecule has 1 fully saturated rings. The zero-order valence-electron chi connectivity index (χ0n) is 7.73. The molecule has 2 aliphatic heterocycles. The average Bonchev–Trinajstić information content (AvgIpc) is 2.02. The van der Waals surface area contributed by atoms with Crippen LogP contribution < -0.4 is 5.32 Å². The zero-order chi connectivity index (χ0) is 9.47. The van der Waals surface area contributed by atoms with Gasteiger partial charge in [-0.25, -0.2) is 8.42 Å². The van der Waals surface area contributed by atoms with Gasteiger partial charge in [0.05, 0.1) is 10.5 Å². The molecule has 1 N–H and O–H groups in total. The largest absolute Gasteiger partial charge is 0.316 e. The fourth-order valence-corrected chi connectivity index (χ4v) is 4.70. The van der Waals surface area contributed by atoms with Crippen LogP contribution in [0.2, 0.25) is 0 Å². The molecule has 3 nitrogen and oxygen atoms in total. The number of hydrogen-bond donors (Lipinski definition) is 1. The van der Waals surface area contributed by atoms with Crippen LogP contribution in [0.4, 0.5) is 0 Å². The molecule has 13 heavy (non-hydrogen) atoms. The van der Waals surface area contributed by atoms with Crippen molar-refractivity contribution in [1.82, 2.24) is 5.32 Å². The lowest BCUT2D eigenvalue weighted by Gasteiger charge is -2.36. The fraction of sp³-hybridized carbons (Fsp3) is 0.778. The molecule has 0 aromatic heterocycles. The molecule has 0 aromatic rings. The van der Waals surface area contributed by atoms with E-state index in [0.717, 1.165) is 12.8 Å². The lowest BCUT2D eigenvalue weighted by atomic mass is 9.99. The zero-order valence-corrected chi connectivity index (χ0v) is 8.55. The van der Waals surface area contributed by atoms with Crippen LogP contribution in [0.3, 0.4) is 0 Å². The summed E-state index contributed by atoms with van der Waals surface area (Å²) in [7, 11) is -1.03. The maximum absolute atomic E-state index is 11.9. The molecule has 2 rings (SSSR count). The quantitative estimate of drug-likeness (QED) is 0.628. The Morgan fingerprint density at radius 3 is 2.85 bits per heavy atom. The van der Waals surface area contributed by atoms with Gasteiger partial charge < -0.3 is 5.32 Å². The fourth-order valence-electron chi connectivity index (χ4n) is 2.35. The first-order chi connectivity index (χ1) is 6.16. The van der Waals surface area contributed by atoms with Crippen LogP contribution in [-0.2, 0) is 9.84 Å². The predicted molar refractivity (Wildman–Crippen MR) is 52.3 cm³/mol. The predicted octanol–water partition coefficient (Wildman–Crippen LogP) is 0.480. The summed E-state index contributed by atoms with van der Waals surface area (Å²) in [6, 6.07) is 0.159. The van der Waals surface area contributed by atoms with Gasteiger partial charge in [-0.15, -0.1) is 0 Å². The van der Waals surface area contributed by atoms with Crippen molar-refractivity contribution in [3.05, 3.63) is 12.2 Å². The van der Waals surface area contributed by atoms with Crippen molar-refractivity contribution in [2.75, 3.05) is 7.05 Å². The molecular weight excluding hydrogens is 186 g/mol. The highest BCUT2D eigenvalue weighted by Gasteiger charge is 2.43. The van der Waals surface area contributed by atoms with Crippen LogP contribution in [0, 0.1) is 0 Å². The molecule has 1 saturated heterocycles. The maximum atomic E-state index is 11.9. The lowest BCUT2D eigenvalue weighted by Crippen LogP contribution is -2.51. The molecule has 0 aromatic carbocycles. The van der Waals surface area contributed by atoms with Crippen molar-refractivity contribution in [3.63, 3.8) is 0 Å². The third-order valence-corrected chi connectivity index (χ3v) is 5.75. The summed E-state index contributed by atoms with van der Waals surface area (Å²) < 4.78 is 23.7. The Morgan fingerprint density at radius 1 is 1.38 bits per heavy atom. The Hall–Kier alpha value is -0.350. The van der Waals surface area contributed by atoms with E-state index in [4.69, 9.17) is 0 Å². The van der Waals surface area contributed by atoms with Gasteiger partial charge in [-0.1, -0.05) is 12.2 Å². The van der Waals surface area contributed by atoms with Crippen molar-refractivity contribution in [2.45, 2.75) is 35.8 Å². The maximum Gasteiger partial charge on any atom is 0.161 e. The molecule has 0 saturated carbocycles. The molecule has 2 aliphatic rings. The van der Waals surface area contributed by atoms with Gasteiger partial charge in [0.25, 0.3) is 0 Å². The standard InChI is InChI=1S/C9H15NO2S/c1-10-8-6-5-7-3-2-4-9(8)13(7,11)12/h2-3,7-10H,4-6H2,1H3. The number of hydrogen-bond acceptors (Lipinski definition) is 3. The van der Waals surface area contributed by atoms with E-state index < -0.39 is 9.84 Å². The number of sulfone groups is 1. The van der Waals surface area contributed by atoms with Crippen LogP contribution in [0.1, 0.15) is 19.3 Å². The highest BCUT2D eigenvalue weighted by Crippen LogP contribution is 2.32. The topological polar surface area (TPSA) is 46.2 Å². The minimum absolute atomic E-state index is 0.159. The third kappa shape index (κ3) is 1.32. The first-order valence-corrected chi connectivity index (χ1v) is 6.34. The average molecular weight is 201 g/mol. The van der Waals surface area contributed by atoms with Crippen molar-refractivity contribution < 1.29 is 8.42 Å². The van der Waals surface area contributed by atoms with Gasteiger partial charge in [-0.05, 0) is 26.3 Å². The van der Waals surface area contributed by atoms with Crippen LogP contribution in [0.25, 0.3) is 0 Å². The number of nitrogens with one attached hydrogen (secondary N) is 1. The first kappa shape index (κ1) is 9.21. The van der Waals surface area contributed by atoms with E-state index in [-0.39, 0.29) is 16.5 Å². The first-order valence-electron chi connectivity index (χ1n) is 4.73. The molecular formula is C9H15NO2S. The minimum Gasteiger partial charge on any atom is -0.316 e. The Morgan fingerprint density at radius 2 is 2.15 bits per heavy atom. The number of rotatable bonds is 1. The lowest BCUT2D eigenvalue weighted by molar-refractivity contribution is 0.429. The smallest absolute Gasteiger partial charge is 0.161 e. The summed E-state index contributed by atoms with van der Waals surface area (Å²) in [5, 5.41) is 2.72. The van der Waals surface area contributed by atoms with Crippen molar-refractivity contribution in [3.8, 4) is 0 Å². The Labute approximate surface area is 79.1 Å². The molecule has 2 heterocycles. The Balaban J connectivity index is 2.37. The molecule has 0 spiro atoms. The van der Waals surface area contributed by atoms with E-state index in [9.17, 15) is 8.42 Å². The van der Waals surface area contributed by atoms with E-state index in [1.54, 1.807) is 0 Å². The molecule has 0 radical (unpaired) electrons. The van der Waals surface area contributed by atoms with Crippen LogP contribution >= 0.6 is 0 Å². The molecule has 2 bridgehead atoms. The second-order valence-corrected chi connectivity index (χ2v) is 6.19. The summed E-state index contributed by atoms with van der Waals surface area (Å²) in [5.74, 6) is 0. The van der Waals surface area contributed by atoms with Gasteiger partial charge in [-0.3, -0.25) is 0 Å². The minimum atomic E-state index is -2.88. The summed E-state index contributed by atoms with van der Waals surface area (Å²) in [6.45, 7) is 0. The molecule has 4 heteroatoms. The van der Waals surface area contributed by atoms with E-state index in [2.05, 4.69) is 5.32 Å². The van der Waals surface area contributed by atoms with Crippen molar-refractivity contribution in [2.24, 2.45) is 0 Å². The van der Waals surface area contributed by atoms with Crippen molar-refractivity contribution in [1.29, 1.82) is 0 Å². The van der Waals surface area contributed by atoms with Crippen molar-refractivity contribution >= 4 is 9.84 Å². The molecule has 3 unspecified atom stereocenters. The van der Waals surface area contributed by atoms with Gasteiger partial charge in [0.1, 0.15) is 0 Å². The molecule has 0 aliphatic carbocycles. The van der Waals surface area contributed by atoms with Crippen LogP contribution in [0.15, 0.2) is 12.2 Å². The third-order valence-electron chi connectivity index (χ3n) is 3.14. The van der Waals surface area contributed by atoms with E-state index >= 15 is 0 Å². The van der Waals surface area contributed by atoms with Gasteiger partial charge in [0.15, 0.2) is 9.84 Å². The Kier molecular flexibility index (Phi) is 2.20. The highest BCUT2D eigenvalue weighted by atomic mass is 32.2. The number of fused-ring (bicyclic) bond motifs is 2. The summed E-state index contributed by atoms with van der Waals surface area (Å²) in [5.41, 5.74) is 0. The second kappa shape index (κ2) is 3.10. The van der Waals surface area contributed by atoms with Gasteiger partial charge in [0.2, 0.25) is 0 Å². The number of allylic oxidation sites excluding steroid dienone is 1. The Bertz CT molecular complexity index is 321. The SMILES string of the molecule is CNC1CCC2C=CCC1S2(=O)=O.